The fraction of sp³-hybridized carbons (Fsp3) is 0.440. The molecule has 1 aromatic rings. The Balaban J connectivity index is 1.88. The molecule has 0 bridgehead atoms. The lowest BCUT2D eigenvalue weighted by Crippen LogP contribution is -2.37. The molecule has 3 rings (SSSR count). The summed E-state index contributed by atoms with van der Waals surface area (Å²) in [6.07, 6.45) is 9.80. The number of nitrogens with one attached hydrogen (secondary N) is 2. The van der Waals surface area contributed by atoms with E-state index in [2.05, 4.69) is 15.6 Å². The van der Waals surface area contributed by atoms with Gasteiger partial charge in [-0.3, -0.25) is 4.79 Å². The van der Waals surface area contributed by atoms with E-state index in [-0.39, 0.29) is 11.9 Å². The van der Waals surface area contributed by atoms with E-state index < -0.39 is 30.3 Å². The first-order chi connectivity index (χ1) is 15.6. The van der Waals surface area contributed by atoms with Crippen molar-refractivity contribution < 1.29 is 18.7 Å². The highest BCUT2D eigenvalue weighted by molar-refractivity contribution is 5.94. The molecule has 178 valence electrons. The van der Waals surface area contributed by atoms with Gasteiger partial charge < -0.3 is 21.5 Å². The average molecular weight is 459 g/mol. The van der Waals surface area contributed by atoms with Gasteiger partial charge in [0.05, 0.1) is 12.1 Å². The van der Waals surface area contributed by atoms with Gasteiger partial charge in [-0.05, 0) is 55.5 Å². The van der Waals surface area contributed by atoms with Gasteiger partial charge in [0, 0.05) is 35.7 Å². The van der Waals surface area contributed by atoms with E-state index in [0.717, 1.165) is 34.3 Å². The topological polar surface area (TPSA) is 100 Å². The van der Waals surface area contributed by atoms with Gasteiger partial charge in [-0.2, -0.15) is 0 Å². The van der Waals surface area contributed by atoms with Crippen LogP contribution in [0.25, 0.3) is 6.08 Å². The number of hydrogen-bond acceptors (Lipinski definition) is 5. The molecule has 5 N–H and O–H groups in total. The molecule has 1 fully saturated rings. The zero-order valence-corrected chi connectivity index (χ0v) is 19.5. The van der Waals surface area contributed by atoms with E-state index in [1.165, 1.54) is 0 Å². The molecular formula is C25H32F2N4O2. The zero-order chi connectivity index (χ0) is 24.3. The number of pyridine rings is 1. The van der Waals surface area contributed by atoms with Gasteiger partial charge in [0.1, 0.15) is 11.7 Å². The van der Waals surface area contributed by atoms with Crippen LogP contribution in [0.15, 0.2) is 53.0 Å². The molecule has 0 saturated heterocycles. The van der Waals surface area contributed by atoms with E-state index in [9.17, 15) is 18.7 Å². The number of anilines is 1. The van der Waals surface area contributed by atoms with Crippen molar-refractivity contribution in [2.24, 2.45) is 11.7 Å². The van der Waals surface area contributed by atoms with E-state index in [4.69, 9.17) is 5.73 Å². The number of alkyl halides is 2. The Morgan fingerprint density at radius 1 is 1.42 bits per heavy atom. The lowest BCUT2D eigenvalue weighted by molar-refractivity contribution is -0.119. The largest absolute Gasteiger partial charge is 0.398 e. The number of nitrogens with two attached hydrogens (primary N) is 1. The molecular weight excluding hydrogens is 426 g/mol. The normalized spacial score (nSPS) is 23.2. The number of carbonyl (C=O) groups excluding carboxylic acids is 1. The van der Waals surface area contributed by atoms with E-state index in [1.54, 1.807) is 12.3 Å². The molecule has 2 heterocycles. The summed E-state index contributed by atoms with van der Waals surface area (Å²) in [5.74, 6) is -4.67. The molecule has 1 aliphatic heterocycles. The minimum atomic E-state index is -2.92. The first-order valence-corrected chi connectivity index (χ1v) is 11.2. The Kier molecular flexibility index (Phi) is 7.37. The summed E-state index contributed by atoms with van der Waals surface area (Å²) in [4.78, 5) is 16.2. The highest BCUT2D eigenvalue weighted by atomic mass is 19.3. The second-order valence-corrected chi connectivity index (χ2v) is 8.63. The molecule has 1 aliphatic carbocycles. The van der Waals surface area contributed by atoms with Gasteiger partial charge in [0.25, 0.3) is 5.92 Å². The van der Waals surface area contributed by atoms with E-state index >= 15 is 0 Å². The molecule has 33 heavy (non-hydrogen) atoms. The van der Waals surface area contributed by atoms with Gasteiger partial charge in [-0.1, -0.05) is 26.0 Å². The van der Waals surface area contributed by atoms with Crippen LogP contribution < -0.4 is 16.4 Å². The van der Waals surface area contributed by atoms with Gasteiger partial charge in [0.2, 0.25) is 5.91 Å². The highest BCUT2D eigenvalue weighted by Gasteiger charge is 2.61. The van der Waals surface area contributed by atoms with Crippen molar-refractivity contribution in [1.29, 1.82) is 0 Å². The van der Waals surface area contributed by atoms with Crippen molar-refractivity contribution in [1.82, 2.24) is 10.3 Å². The van der Waals surface area contributed by atoms with Crippen molar-refractivity contribution in [3.63, 3.8) is 0 Å². The highest BCUT2D eigenvalue weighted by Crippen LogP contribution is 2.49. The van der Waals surface area contributed by atoms with Crippen LogP contribution in [0.1, 0.15) is 51.2 Å². The number of rotatable bonds is 8. The fourth-order valence-corrected chi connectivity index (χ4v) is 3.77. The second kappa shape index (κ2) is 9.87. The fourth-order valence-electron chi connectivity index (χ4n) is 3.77. The summed E-state index contributed by atoms with van der Waals surface area (Å²) in [6, 6.07) is 1.49. The van der Waals surface area contributed by atoms with Crippen LogP contribution in [0.3, 0.4) is 0 Å². The number of dihydropyridines is 1. The number of nitrogens with zero attached hydrogens (tertiary/aromatic N) is 1. The predicted molar refractivity (Wildman–Crippen MR) is 126 cm³/mol. The minimum Gasteiger partial charge on any atom is -0.398 e. The Bertz CT molecular complexity index is 1040. The molecule has 0 radical (unpaired) electrons. The maximum Gasteiger partial charge on any atom is 0.260 e. The number of aromatic nitrogens is 1. The van der Waals surface area contributed by atoms with Crippen molar-refractivity contribution >= 4 is 17.8 Å². The van der Waals surface area contributed by atoms with Crippen LogP contribution in [0.5, 0.6) is 0 Å². The standard InChI is InChI=1S/C25H32F2N4O2/c1-5-7-20(28)17(18-13-29-21(8-15(18)4)22(32)6-2)10-16-12-30-23(9-14(16)3)31-24(33)19-11-25(19,26)27/h7-10,12-13,19,21-22,29,32H,5-6,11,28H2,1-4H3,(H,30,31,33)/b17-10-,20-7-. The Morgan fingerprint density at radius 2 is 2.12 bits per heavy atom. The summed E-state index contributed by atoms with van der Waals surface area (Å²) in [5.41, 5.74) is 11.3. The molecule has 0 spiro atoms. The van der Waals surface area contributed by atoms with Crippen LogP contribution >= 0.6 is 0 Å². The van der Waals surface area contributed by atoms with Crippen molar-refractivity contribution in [3.05, 3.63) is 64.2 Å². The van der Waals surface area contributed by atoms with E-state index in [0.29, 0.717) is 12.1 Å². The van der Waals surface area contributed by atoms with Gasteiger partial charge in [-0.25, -0.2) is 13.8 Å². The predicted octanol–water partition coefficient (Wildman–Crippen LogP) is 4.19. The summed E-state index contributed by atoms with van der Waals surface area (Å²) in [6.45, 7) is 7.77. The monoisotopic (exact) mass is 458 g/mol. The third-order valence-corrected chi connectivity index (χ3v) is 5.98. The molecule has 2 aliphatic rings. The van der Waals surface area contributed by atoms with Crippen LogP contribution in [0.4, 0.5) is 14.6 Å². The Labute approximate surface area is 193 Å². The van der Waals surface area contributed by atoms with Crippen LogP contribution in [0.2, 0.25) is 0 Å². The first-order valence-electron chi connectivity index (χ1n) is 11.2. The van der Waals surface area contributed by atoms with Crippen LogP contribution in [0, 0.1) is 12.8 Å². The van der Waals surface area contributed by atoms with Crippen LogP contribution in [-0.4, -0.2) is 34.1 Å². The molecule has 6 nitrogen and oxygen atoms in total. The molecule has 0 aromatic carbocycles. The molecule has 1 amide bonds. The third-order valence-electron chi connectivity index (χ3n) is 5.98. The Morgan fingerprint density at radius 3 is 2.67 bits per heavy atom. The van der Waals surface area contributed by atoms with Crippen molar-refractivity contribution in [3.8, 4) is 0 Å². The minimum absolute atomic E-state index is 0.165. The number of aryl methyl sites for hydroxylation is 1. The maximum atomic E-state index is 13.1. The molecule has 1 aromatic heterocycles. The number of amides is 1. The van der Waals surface area contributed by atoms with Gasteiger partial charge in [0.15, 0.2) is 0 Å². The molecule has 1 saturated carbocycles. The number of carbonyl (C=O) groups is 1. The lowest BCUT2D eigenvalue weighted by Gasteiger charge is -2.27. The summed E-state index contributed by atoms with van der Waals surface area (Å²) in [7, 11) is 0. The second-order valence-electron chi connectivity index (χ2n) is 8.63. The molecule has 8 heteroatoms. The number of hydrogen-bond donors (Lipinski definition) is 4. The van der Waals surface area contributed by atoms with Crippen LogP contribution in [-0.2, 0) is 4.79 Å². The summed E-state index contributed by atoms with van der Waals surface area (Å²) >= 11 is 0. The lowest BCUT2D eigenvalue weighted by atomic mass is 9.90. The van der Waals surface area contributed by atoms with Crippen molar-refractivity contribution in [2.45, 2.75) is 65.0 Å². The zero-order valence-electron chi connectivity index (χ0n) is 19.5. The van der Waals surface area contributed by atoms with E-state index in [1.807, 2.05) is 52.1 Å². The first kappa shape index (κ1) is 24.6. The number of halogens is 2. The maximum absolute atomic E-state index is 13.1. The Hall–Kier alpha value is -3.00. The number of aliphatic hydroxyl groups excluding tert-OH is 1. The molecule has 3 unspecified atom stereocenters. The average Bonchev–Trinajstić information content (AvgIpc) is 3.41. The smallest absolute Gasteiger partial charge is 0.260 e. The quantitative estimate of drug-likeness (QED) is 0.438. The van der Waals surface area contributed by atoms with Gasteiger partial charge >= 0.3 is 0 Å². The third kappa shape index (κ3) is 5.68. The van der Waals surface area contributed by atoms with Crippen molar-refractivity contribution in [2.75, 3.05) is 5.32 Å². The summed E-state index contributed by atoms with van der Waals surface area (Å²) in [5, 5.41) is 15.9. The number of allylic oxidation sites excluding steroid dienone is 3. The molecule has 3 atom stereocenters. The van der Waals surface area contributed by atoms with Gasteiger partial charge in [-0.15, -0.1) is 0 Å². The summed E-state index contributed by atoms with van der Waals surface area (Å²) < 4.78 is 26.3. The SMILES string of the molecule is CC/C=C(N)/C(=C\c1cnc(NC(=O)C2CC2(F)F)cc1C)C1=CNC(C(O)CC)C=C1C. The number of aliphatic hydroxyl groups is 1.